The van der Waals surface area contributed by atoms with Crippen LogP contribution in [-0.2, 0) is 11.2 Å². The van der Waals surface area contributed by atoms with E-state index in [-0.39, 0.29) is 0 Å². The Hall–Kier alpha value is -1.08. The summed E-state index contributed by atoms with van der Waals surface area (Å²) < 4.78 is 5.06. The molecule has 0 radical (unpaired) electrons. The number of methoxy groups -OCH3 is 1. The van der Waals surface area contributed by atoms with Gasteiger partial charge in [0.2, 0.25) is 0 Å². The number of hydrogen-bond donors (Lipinski definition) is 0. The lowest BCUT2D eigenvalue weighted by atomic mass is 9.78. The molecule has 0 spiro atoms. The molecule has 0 N–H and O–H groups in total. The molecule has 1 aliphatic carbocycles. The van der Waals surface area contributed by atoms with Gasteiger partial charge in [-0.05, 0) is 55.1 Å². The molecule has 1 aliphatic rings. The maximum absolute atomic E-state index is 5.06. The largest absolute Gasteiger partial charge is 0.381 e. The molecule has 1 heteroatoms. The van der Waals surface area contributed by atoms with Crippen LogP contribution in [0.25, 0.3) is 0 Å². The lowest BCUT2D eigenvalue weighted by Crippen LogP contribution is -2.11. The first-order chi connectivity index (χ1) is 9.33. The van der Waals surface area contributed by atoms with Gasteiger partial charge in [0.05, 0.1) is 6.61 Å². The van der Waals surface area contributed by atoms with Crippen LogP contribution in [0.3, 0.4) is 0 Å². The molecule has 0 atom stereocenters. The average molecular weight is 258 g/mol. The minimum atomic E-state index is 0.748. The Morgan fingerprint density at radius 2 is 1.79 bits per heavy atom. The van der Waals surface area contributed by atoms with Crippen molar-refractivity contribution < 1.29 is 4.74 Å². The van der Waals surface area contributed by atoms with Crippen molar-refractivity contribution in [2.24, 2.45) is 5.92 Å². The fourth-order valence-electron chi connectivity index (χ4n) is 3.01. The molecule has 1 aromatic rings. The zero-order chi connectivity index (χ0) is 13.5. The van der Waals surface area contributed by atoms with Gasteiger partial charge in [0.25, 0.3) is 0 Å². The molecular weight excluding hydrogens is 232 g/mol. The molecule has 0 unspecified atom stereocenters. The Morgan fingerprint density at radius 1 is 1.11 bits per heavy atom. The Labute approximate surface area is 117 Å². The summed E-state index contributed by atoms with van der Waals surface area (Å²) in [5.41, 5.74) is 2.98. The molecule has 0 amide bonds. The van der Waals surface area contributed by atoms with Crippen molar-refractivity contribution in [2.45, 2.75) is 44.9 Å². The van der Waals surface area contributed by atoms with Crippen LogP contribution < -0.4 is 0 Å². The smallest absolute Gasteiger partial charge is 0.0643 e. The molecule has 0 bridgehead atoms. The second-order valence-electron chi connectivity index (χ2n) is 5.59. The van der Waals surface area contributed by atoms with Crippen LogP contribution in [0, 0.1) is 5.92 Å². The fourth-order valence-corrected chi connectivity index (χ4v) is 3.01. The van der Waals surface area contributed by atoms with Crippen LogP contribution >= 0.6 is 0 Å². The predicted molar refractivity (Wildman–Crippen MR) is 81.5 cm³/mol. The van der Waals surface area contributed by atoms with Gasteiger partial charge in [-0.15, -0.1) is 0 Å². The number of allylic oxidation sites excluding steroid dienone is 1. The van der Waals surface area contributed by atoms with E-state index in [1.54, 1.807) is 7.11 Å². The quantitative estimate of drug-likeness (QED) is 0.694. The highest BCUT2D eigenvalue weighted by molar-refractivity contribution is 5.25. The third kappa shape index (κ3) is 4.21. The number of aryl methyl sites for hydroxylation is 1. The fraction of sp³-hybridized carbons (Fsp3) is 0.556. The van der Waals surface area contributed by atoms with Crippen LogP contribution in [0.5, 0.6) is 0 Å². The standard InChI is InChI=1S/C18H26O/c1-3-15-6-10-17(11-7-15)18-12-8-16(9-13-18)5-4-14-19-2/h4-7,10-11,16,18H,3,8-9,12-14H2,1-2H3/t16-,18-. The number of ether oxygens (including phenoxy) is 1. The van der Waals surface area contributed by atoms with Crippen molar-refractivity contribution >= 4 is 0 Å². The summed E-state index contributed by atoms with van der Waals surface area (Å²) >= 11 is 0. The normalized spacial score (nSPS) is 23.9. The Kier molecular flexibility index (Phi) is 5.65. The minimum absolute atomic E-state index is 0.748. The van der Waals surface area contributed by atoms with E-state index >= 15 is 0 Å². The van der Waals surface area contributed by atoms with Crippen molar-refractivity contribution in [1.82, 2.24) is 0 Å². The molecule has 1 saturated carbocycles. The highest BCUT2D eigenvalue weighted by Crippen LogP contribution is 2.36. The number of hydrogen-bond acceptors (Lipinski definition) is 1. The summed E-state index contributed by atoms with van der Waals surface area (Å²) in [6, 6.07) is 9.26. The summed E-state index contributed by atoms with van der Waals surface area (Å²) in [4.78, 5) is 0. The third-order valence-corrected chi connectivity index (χ3v) is 4.30. The minimum Gasteiger partial charge on any atom is -0.381 e. The molecule has 0 saturated heterocycles. The van der Waals surface area contributed by atoms with Gasteiger partial charge in [0.1, 0.15) is 0 Å². The summed E-state index contributed by atoms with van der Waals surface area (Å²) in [5, 5.41) is 0. The molecular formula is C18H26O. The molecule has 0 aliphatic heterocycles. The lowest BCUT2D eigenvalue weighted by Gasteiger charge is -2.27. The number of benzene rings is 1. The van der Waals surface area contributed by atoms with Gasteiger partial charge in [-0.1, -0.05) is 43.3 Å². The van der Waals surface area contributed by atoms with E-state index in [9.17, 15) is 0 Å². The zero-order valence-corrected chi connectivity index (χ0v) is 12.3. The molecule has 0 aromatic heterocycles. The van der Waals surface area contributed by atoms with E-state index in [0.717, 1.165) is 24.9 Å². The Balaban J connectivity index is 1.85. The summed E-state index contributed by atoms with van der Waals surface area (Å²) in [6.45, 7) is 2.96. The van der Waals surface area contributed by atoms with Crippen LogP contribution in [0.4, 0.5) is 0 Å². The SMILES string of the molecule is CCc1ccc([C@H]2CC[C@H](C=CCOC)CC2)cc1. The number of rotatable bonds is 5. The first kappa shape index (κ1) is 14.3. The monoisotopic (exact) mass is 258 g/mol. The van der Waals surface area contributed by atoms with Gasteiger partial charge in [-0.25, -0.2) is 0 Å². The van der Waals surface area contributed by atoms with E-state index < -0.39 is 0 Å². The van der Waals surface area contributed by atoms with Crippen molar-refractivity contribution in [3.8, 4) is 0 Å². The van der Waals surface area contributed by atoms with Gasteiger partial charge < -0.3 is 4.74 Å². The van der Waals surface area contributed by atoms with E-state index in [2.05, 4.69) is 43.3 Å². The van der Waals surface area contributed by atoms with E-state index in [0.29, 0.717) is 0 Å². The van der Waals surface area contributed by atoms with Gasteiger partial charge in [0, 0.05) is 7.11 Å². The Morgan fingerprint density at radius 3 is 2.37 bits per heavy atom. The first-order valence-electron chi connectivity index (χ1n) is 7.58. The Bertz CT molecular complexity index is 383. The van der Waals surface area contributed by atoms with Crippen LogP contribution in [0.2, 0.25) is 0 Å². The molecule has 1 fully saturated rings. The lowest BCUT2D eigenvalue weighted by molar-refractivity contribution is 0.233. The van der Waals surface area contributed by atoms with Crippen LogP contribution in [0.1, 0.15) is 49.7 Å². The van der Waals surface area contributed by atoms with Crippen molar-refractivity contribution in [3.05, 3.63) is 47.5 Å². The van der Waals surface area contributed by atoms with Gasteiger partial charge >= 0.3 is 0 Å². The first-order valence-corrected chi connectivity index (χ1v) is 7.58. The van der Waals surface area contributed by atoms with Crippen LogP contribution in [-0.4, -0.2) is 13.7 Å². The van der Waals surface area contributed by atoms with Crippen LogP contribution in [0.15, 0.2) is 36.4 Å². The molecule has 2 rings (SSSR count). The van der Waals surface area contributed by atoms with E-state index in [1.807, 2.05) is 0 Å². The molecule has 1 aromatic carbocycles. The maximum Gasteiger partial charge on any atom is 0.0643 e. The summed E-state index contributed by atoms with van der Waals surface area (Å²) in [7, 11) is 1.75. The molecule has 0 heterocycles. The van der Waals surface area contributed by atoms with Crippen molar-refractivity contribution in [3.63, 3.8) is 0 Å². The predicted octanol–water partition coefficient (Wildman–Crippen LogP) is 4.73. The highest BCUT2D eigenvalue weighted by Gasteiger charge is 2.20. The highest BCUT2D eigenvalue weighted by atomic mass is 16.5. The van der Waals surface area contributed by atoms with Crippen molar-refractivity contribution in [1.29, 1.82) is 0 Å². The van der Waals surface area contributed by atoms with Gasteiger partial charge in [0.15, 0.2) is 0 Å². The van der Waals surface area contributed by atoms with E-state index in [4.69, 9.17) is 4.74 Å². The third-order valence-electron chi connectivity index (χ3n) is 4.30. The maximum atomic E-state index is 5.06. The molecule has 1 nitrogen and oxygen atoms in total. The molecule has 104 valence electrons. The molecule has 19 heavy (non-hydrogen) atoms. The summed E-state index contributed by atoms with van der Waals surface area (Å²) in [6.07, 6.45) is 10.9. The van der Waals surface area contributed by atoms with Crippen molar-refractivity contribution in [2.75, 3.05) is 13.7 Å². The zero-order valence-electron chi connectivity index (χ0n) is 12.3. The van der Waals surface area contributed by atoms with Gasteiger partial charge in [-0.2, -0.15) is 0 Å². The topological polar surface area (TPSA) is 9.23 Å². The van der Waals surface area contributed by atoms with Gasteiger partial charge in [-0.3, -0.25) is 0 Å². The van der Waals surface area contributed by atoms with E-state index in [1.165, 1.54) is 36.8 Å². The summed E-state index contributed by atoms with van der Waals surface area (Å²) in [5.74, 6) is 1.54. The second-order valence-corrected chi connectivity index (χ2v) is 5.59. The second kappa shape index (κ2) is 7.49. The average Bonchev–Trinajstić information content (AvgIpc) is 2.48.